The number of hydrogen-bond acceptors (Lipinski definition) is 1. The molecule has 1 nitrogen and oxygen atoms in total. The van der Waals surface area contributed by atoms with E-state index in [1.165, 1.54) is 12.1 Å². The molecule has 0 saturated carbocycles. The molecule has 3 aromatic rings. The van der Waals surface area contributed by atoms with Gasteiger partial charge in [0.25, 0.3) is 0 Å². The van der Waals surface area contributed by atoms with Crippen molar-refractivity contribution in [3.05, 3.63) is 84.7 Å². The van der Waals surface area contributed by atoms with Crippen LogP contribution < -0.4 is 4.90 Å². The molecule has 0 aromatic heterocycles. The third kappa shape index (κ3) is 3.87. The van der Waals surface area contributed by atoms with Gasteiger partial charge in [0.2, 0.25) is 0 Å². The van der Waals surface area contributed by atoms with Crippen molar-refractivity contribution in [3.63, 3.8) is 0 Å². The van der Waals surface area contributed by atoms with Crippen molar-refractivity contribution in [2.24, 2.45) is 0 Å². The summed E-state index contributed by atoms with van der Waals surface area (Å²) in [6.07, 6.45) is 0. The van der Waals surface area contributed by atoms with E-state index in [0.717, 1.165) is 31.4 Å². The Morgan fingerprint density at radius 1 is 0.654 bits per heavy atom. The Labute approximate surface area is 176 Å². The molecule has 3 rings (SSSR count). The summed E-state index contributed by atoms with van der Waals surface area (Å²) in [5.41, 5.74) is 4.09. The van der Waals surface area contributed by atoms with E-state index in [0.29, 0.717) is 5.69 Å². The first kappa shape index (κ1) is 19.5. The zero-order valence-corrected chi connectivity index (χ0v) is 18.7. The lowest BCUT2D eigenvalue weighted by Crippen LogP contribution is -2.11. The molecule has 0 aliphatic heterocycles. The van der Waals surface area contributed by atoms with Crippen molar-refractivity contribution in [3.8, 4) is 0 Å². The quantitative estimate of drug-likeness (QED) is 0.299. The van der Waals surface area contributed by atoms with E-state index >= 15 is 0 Å². The molecular weight excluding hydrogens is 532 g/mol. The van der Waals surface area contributed by atoms with Crippen molar-refractivity contribution < 1.29 is 8.78 Å². The zero-order valence-electron chi connectivity index (χ0n) is 14.0. The molecule has 0 aliphatic rings. The van der Waals surface area contributed by atoms with E-state index in [1.54, 1.807) is 0 Å². The van der Waals surface area contributed by atoms with Crippen LogP contribution in [0.3, 0.4) is 0 Å². The predicted octanol–water partition coefficient (Wildman–Crippen LogP) is 8.34. The predicted molar refractivity (Wildman–Crippen MR) is 114 cm³/mol. The molecule has 26 heavy (non-hydrogen) atoms. The van der Waals surface area contributed by atoms with Crippen LogP contribution in [0.1, 0.15) is 11.1 Å². The molecule has 0 atom stereocenters. The van der Waals surface area contributed by atoms with E-state index in [2.05, 4.69) is 47.8 Å². The van der Waals surface area contributed by atoms with Crippen LogP contribution in [-0.2, 0) is 0 Å². The summed E-state index contributed by atoms with van der Waals surface area (Å²) in [4.78, 5) is 1.83. The Bertz CT molecular complexity index is 914. The molecule has 0 amide bonds. The maximum Gasteiger partial charge on any atom is 0.142 e. The van der Waals surface area contributed by atoms with Crippen LogP contribution in [0.4, 0.5) is 25.8 Å². The van der Waals surface area contributed by atoms with Crippen molar-refractivity contribution in [1.29, 1.82) is 0 Å². The molecule has 0 saturated heterocycles. The van der Waals surface area contributed by atoms with Crippen LogP contribution >= 0.6 is 47.8 Å². The van der Waals surface area contributed by atoms with Crippen LogP contribution in [0.15, 0.2) is 61.9 Å². The number of aryl methyl sites for hydroxylation is 2. The molecular formula is C20H14Br3F2N. The second kappa shape index (κ2) is 7.79. The van der Waals surface area contributed by atoms with Gasteiger partial charge in [-0.05, 0) is 89.4 Å². The van der Waals surface area contributed by atoms with Gasteiger partial charge in [-0.15, -0.1) is 0 Å². The van der Waals surface area contributed by atoms with Gasteiger partial charge in [-0.25, -0.2) is 8.78 Å². The van der Waals surface area contributed by atoms with Crippen molar-refractivity contribution >= 4 is 64.9 Å². The molecule has 0 spiro atoms. The standard InChI is InChI=1S/C20H14Br3F2N/c1-11-7-13(3-5-16(11)21)26(14-4-6-17(22)12(2)8-14)15-9-18(24)20(23)19(25)10-15/h3-10H,1-2H3. The highest BCUT2D eigenvalue weighted by molar-refractivity contribution is 9.11. The van der Waals surface area contributed by atoms with Crippen LogP contribution in [0.25, 0.3) is 0 Å². The lowest BCUT2D eigenvalue weighted by molar-refractivity contribution is 0.572. The Kier molecular flexibility index (Phi) is 5.85. The van der Waals surface area contributed by atoms with Gasteiger partial charge in [0, 0.05) is 20.3 Å². The van der Waals surface area contributed by atoms with Crippen LogP contribution in [0.2, 0.25) is 0 Å². The Hall–Kier alpha value is -1.24. The van der Waals surface area contributed by atoms with Crippen molar-refractivity contribution in [1.82, 2.24) is 0 Å². The molecule has 0 N–H and O–H groups in total. The molecule has 0 bridgehead atoms. The third-order valence-corrected chi connectivity index (χ3v) is 6.56. The minimum Gasteiger partial charge on any atom is -0.310 e. The summed E-state index contributed by atoms with van der Waals surface area (Å²) in [6.45, 7) is 3.95. The smallest absolute Gasteiger partial charge is 0.142 e. The fraction of sp³-hybridized carbons (Fsp3) is 0.100. The zero-order chi connectivity index (χ0) is 19.0. The molecule has 0 aliphatic carbocycles. The Morgan fingerprint density at radius 2 is 1.08 bits per heavy atom. The summed E-state index contributed by atoms with van der Waals surface area (Å²) < 4.78 is 30.2. The van der Waals surface area contributed by atoms with Gasteiger partial charge in [-0.3, -0.25) is 0 Å². The van der Waals surface area contributed by atoms with Gasteiger partial charge >= 0.3 is 0 Å². The van der Waals surface area contributed by atoms with E-state index in [-0.39, 0.29) is 4.47 Å². The molecule has 134 valence electrons. The molecule has 3 aromatic carbocycles. The number of halogens is 5. The van der Waals surface area contributed by atoms with Gasteiger partial charge in [-0.1, -0.05) is 31.9 Å². The SMILES string of the molecule is Cc1cc(N(c2ccc(Br)c(C)c2)c2cc(F)c(Br)c(F)c2)ccc1Br. The van der Waals surface area contributed by atoms with Crippen LogP contribution in [0, 0.1) is 25.5 Å². The maximum absolute atomic E-state index is 14.2. The van der Waals surface area contributed by atoms with Gasteiger partial charge in [0.05, 0.1) is 10.2 Å². The van der Waals surface area contributed by atoms with Gasteiger partial charge in [0.15, 0.2) is 0 Å². The molecule has 0 unspecified atom stereocenters. The van der Waals surface area contributed by atoms with E-state index in [1.807, 2.05) is 55.1 Å². The summed E-state index contributed by atoms with van der Waals surface area (Å²) in [5.74, 6) is -1.29. The lowest BCUT2D eigenvalue weighted by atomic mass is 10.1. The number of benzene rings is 3. The normalized spacial score (nSPS) is 10.9. The fourth-order valence-corrected chi connectivity index (χ4v) is 3.38. The Balaban J connectivity index is 2.24. The summed E-state index contributed by atoms with van der Waals surface area (Å²) in [7, 11) is 0. The van der Waals surface area contributed by atoms with E-state index in [4.69, 9.17) is 0 Å². The number of nitrogens with zero attached hydrogens (tertiary/aromatic N) is 1. The first-order valence-corrected chi connectivity index (χ1v) is 10.1. The Morgan fingerprint density at radius 3 is 1.46 bits per heavy atom. The molecule has 0 fully saturated rings. The maximum atomic E-state index is 14.2. The fourth-order valence-electron chi connectivity index (χ4n) is 2.65. The summed E-state index contributed by atoms with van der Waals surface area (Å²) in [5, 5.41) is 0. The van der Waals surface area contributed by atoms with Gasteiger partial charge < -0.3 is 4.90 Å². The van der Waals surface area contributed by atoms with E-state index < -0.39 is 11.6 Å². The highest BCUT2D eigenvalue weighted by Crippen LogP contribution is 2.39. The number of anilines is 3. The second-order valence-electron chi connectivity index (χ2n) is 5.93. The first-order valence-electron chi connectivity index (χ1n) is 7.75. The van der Waals surface area contributed by atoms with Crippen molar-refractivity contribution in [2.75, 3.05) is 4.90 Å². The van der Waals surface area contributed by atoms with E-state index in [9.17, 15) is 8.78 Å². The molecule has 0 heterocycles. The minimum atomic E-state index is -0.646. The third-order valence-electron chi connectivity index (χ3n) is 4.03. The second-order valence-corrected chi connectivity index (χ2v) is 8.43. The summed E-state index contributed by atoms with van der Waals surface area (Å²) >= 11 is 9.92. The highest BCUT2D eigenvalue weighted by atomic mass is 79.9. The van der Waals surface area contributed by atoms with Gasteiger partial charge in [-0.2, -0.15) is 0 Å². The largest absolute Gasteiger partial charge is 0.310 e. The average molecular weight is 546 g/mol. The monoisotopic (exact) mass is 543 g/mol. The van der Waals surface area contributed by atoms with Crippen molar-refractivity contribution in [2.45, 2.75) is 13.8 Å². The van der Waals surface area contributed by atoms with Crippen LogP contribution in [0.5, 0.6) is 0 Å². The molecule has 0 radical (unpaired) electrons. The average Bonchev–Trinajstić information content (AvgIpc) is 2.59. The first-order chi connectivity index (χ1) is 12.3. The van der Waals surface area contributed by atoms with Gasteiger partial charge in [0.1, 0.15) is 11.6 Å². The highest BCUT2D eigenvalue weighted by Gasteiger charge is 2.18. The number of rotatable bonds is 3. The lowest BCUT2D eigenvalue weighted by Gasteiger charge is -2.27. The summed E-state index contributed by atoms with van der Waals surface area (Å²) in [6, 6.07) is 14.3. The minimum absolute atomic E-state index is 0.167. The topological polar surface area (TPSA) is 3.24 Å². The number of hydrogen-bond donors (Lipinski definition) is 0. The van der Waals surface area contributed by atoms with Crippen LogP contribution in [-0.4, -0.2) is 0 Å². The molecule has 6 heteroatoms.